The zero-order chi connectivity index (χ0) is 11.3. The highest BCUT2D eigenvalue weighted by atomic mass is 19.1. The topological polar surface area (TPSA) is 12.0 Å². The molecule has 0 aliphatic carbocycles. The van der Waals surface area contributed by atoms with Gasteiger partial charge in [-0.25, -0.2) is 4.39 Å². The van der Waals surface area contributed by atoms with Crippen molar-refractivity contribution in [1.82, 2.24) is 0 Å². The summed E-state index contributed by atoms with van der Waals surface area (Å²) in [7, 11) is 0. The Hall–Kier alpha value is -1.05. The summed E-state index contributed by atoms with van der Waals surface area (Å²) in [4.78, 5) is 0. The average molecular weight is 209 g/mol. The van der Waals surface area contributed by atoms with Gasteiger partial charge in [-0.05, 0) is 44.0 Å². The van der Waals surface area contributed by atoms with E-state index in [1.807, 2.05) is 13.0 Å². The molecule has 1 nitrogen and oxygen atoms in total. The van der Waals surface area contributed by atoms with Crippen molar-refractivity contribution in [2.24, 2.45) is 0 Å². The van der Waals surface area contributed by atoms with Crippen LogP contribution in [0.2, 0.25) is 0 Å². The molecule has 1 N–H and O–H groups in total. The third kappa shape index (κ3) is 4.32. The van der Waals surface area contributed by atoms with Gasteiger partial charge in [0.05, 0.1) is 0 Å². The first kappa shape index (κ1) is 12.0. The smallest absolute Gasteiger partial charge is 0.125 e. The molecule has 0 amide bonds. The van der Waals surface area contributed by atoms with Gasteiger partial charge < -0.3 is 5.32 Å². The molecule has 0 aliphatic rings. The predicted octanol–water partition coefficient (Wildman–Crippen LogP) is 4.12. The highest BCUT2D eigenvalue weighted by Crippen LogP contribution is 2.15. The molecule has 0 aromatic heterocycles. The molecule has 0 aliphatic heterocycles. The van der Waals surface area contributed by atoms with Gasteiger partial charge in [-0.2, -0.15) is 0 Å². The number of nitrogens with one attached hydrogen (secondary N) is 1. The summed E-state index contributed by atoms with van der Waals surface area (Å²) in [6.07, 6.45) is 3.54. The van der Waals surface area contributed by atoms with Crippen LogP contribution in [0.4, 0.5) is 10.1 Å². The van der Waals surface area contributed by atoms with Gasteiger partial charge in [0.15, 0.2) is 0 Å². The Morgan fingerprint density at radius 3 is 2.67 bits per heavy atom. The average Bonchev–Trinajstić information content (AvgIpc) is 2.13. The number of hydrogen-bond donors (Lipinski definition) is 1. The van der Waals surface area contributed by atoms with Gasteiger partial charge >= 0.3 is 0 Å². The molecule has 0 saturated carbocycles. The number of anilines is 1. The molecule has 1 aromatic carbocycles. The lowest BCUT2D eigenvalue weighted by molar-refractivity contribution is 0.623. The molecule has 84 valence electrons. The van der Waals surface area contributed by atoms with Crippen LogP contribution >= 0.6 is 0 Å². The molecule has 0 spiro atoms. The quantitative estimate of drug-likeness (QED) is 0.769. The van der Waals surface area contributed by atoms with Crippen LogP contribution in [0.3, 0.4) is 0 Å². The number of unbranched alkanes of at least 4 members (excludes halogenated alkanes) is 1. The maximum atomic E-state index is 13.1. The van der Waals surface area contributed by atoms with E-state index in [1.54, 1.807) is 12.1 Å². The van der Waals surface area contributed by atoms with Crippen LogP contribution in [0.25, 0.3) is 0 Å². The lowest BCUT2D eigenvalue weighted by atomic mass is 10.1. The normalized spacial score (nSPS) is 12.5. The summed E-state index contributed by atoms with van der Waals surface area (Å²) in [6, 6.07) is 5.48. The molecule has 1 aromatic rings. The van der Waals surface area contributed by atoms with Crippen molar-refractivity contribution in [2.45, 2.75) is 46.1 Å². The first-order chi connectivity index (χ1) is 7.11. The minimum absolute atomic E-state index is 0.166. The standard InChI is InChI=1S/C13H20FN/c1-4-5-6-11(3)15-13-8-10(2)7-12(14)9-13/h7-9,11,15H,4-6H2,1-3H3. The summed E-state index contributed by atoms with van der Waals surface area (Å²) < 4.78 is 13.1. The third-order valence-corrected chi connectivity index (χ3v) is 2.45. The fourth-order valence-electron chi connectivity index (χ4n) is 1.69. The van der Waals surface area contributed by atoms with Crippen LogP contribution < -0.4 is 5.32 Å². The Labute approximate surface area is 91.7 Å². The van der Waals surface area contributed by atoms with E-state index in [4.69, 9.17) is 0 Å². The van der Waals surface area contributed by atoms with Crippen LogP contribution in [-0.2, 0) is 0 Å². The molecule has 1 rings (SSSR count). The number of rotatable bonds is 5. The fraction of sp³-hybridized carbons (Fsp3) is 0.538. The summed E-state index contributed by atoms with van der Waals surface area (Å²) in [5, 5.41) is 3.32. The molecule has 1 atom stereocenters. The second kappa shape index (κ2) is 5.74. The van der Waals surface area contributed by atoms with Crippen molar-refractivity contribution in [3.8, 4) is 0 Å². The van der Waals surface area contributed by atoms with Gasteiger partial charge in [0.25, 0.3) is 0 Å². The Balaban J connectivity index is 2.56. The van der Waals surface area contributed by atoms with Gasteiger partial charge in [0.2, 0.25) is 0 Å². The molecule has 15 heavy (non-hydrogen) atoms. The van der Waals surface area contributed by atoms with Crippen molar-refractivity contribution in [3.05, 3.63) is 29.6 Å². The first-order valence-electron chi connectivity index (χ1n) is 5.65. The molecule has 1 unspecified atom stereocenters. The highest BCUT2D eigenvalue weighted by molar-refractivity contribution is 5.46. The minimum Gasteiger partial charge on any atom is -0.383 e. The van der Waals surface area contributed by atoms with E-state index in [0.717, 1.165) is 17.7 Å². The van der Waals surface area contributed by atoms with Crippen molar-refractivity contribution in [2.75, 3.05) is 5.32 Å². The van der Waals surface area contributed by atoms with Crippen LogP contribution in [-0.4, -0.2) is 6.04 Å². The molecule has 2 heteroatoms. The molecular formula is C13H20FN. The van der Waals surface area contributed by atoms with E-state index in [0.29, 0.717) is 6.04 Å². The lowest BCUT2D eigenvalue weighted by Crippen LogP contribution is -2.14. The van der Waals surface area contributed by atoms with Crippen molar-refractivity contribution in [1.29, 1.82) is 0 Å². The second-order valence-corrected chi connectivity index (χ2v) is 4.20. The largest absolute Gasteiger partial charge is 0.383 e. The number of hydrogen-bond acceptors (Lipinski definition) is 1. The molecule has 0 heterocycles. The third-order valence-electron chi connectivity index (χ3n) is 2.45. The van der Waals surface area contributed by atoms with Crippen LogP contribution in [0.5, 0.6) is 0 Å². The maximum absolute atomic E-state index is 13.1. The van der Waals surface area contributed by atoms with Gasteiger partial charge in [-0.1, -0.05) is 19.8 Å². The van der Waals surface area contributed by atoms with E-state index >= 15 is 0 Å². The Morgan fingerprint density at radius 1 is 1.33 bits per heavy atom. The van der Waals surface area contributed by atoms with Gasteiger partial charge in [0.1, 0.15) is 5.82 Å². The molecular weight excluding hydrogens is 189 g/mol. The predicted molar refractivity (Wildman–Crippen MR) is 63.7 cm³/mol. The first-order valence-corrected chi connectivity index (χ1v) is 5.65. The Morgan fingerprint density at radius 2 is 2.07 bits per heavy atom. The van der Waals surface area contributed by atoms with Gasteiger partial charge in [-0.3, -0.25) is 0 Å². The summed E-state index contributed by atoms with van der Waals surface area (Å²) in [5.41, 5.74) is 1.84. The van der Waals surface area contributed by atoms with Gasteiger partial charge in [0, 0.05) is 11.7 Å². The SMILES string of the molecule is CCCCC(C)Nc1cc(C)cc(F)c1. The van der Waals surface area contributed by atoms with E-state index in [9.17, 15) is 4.39 Å². The van der Waals surface area contributed by atoms with E-state index in [2.05, 4.69) is 19.2 Å². The van der Waals surface area contributed by atoms with E-state index in [1.165, 1.54) is 12.8 Å². The highest BCUT2D eigenvalue weighted by Gasteiger charge is 2.03. The number of benzene rings is 1. The van der Waals surface area contributed by atoms with Crippen LogP contribution in [0, 0.1) is 12.7 Å². The monoisotopic (exact) mass is 209 g/mol. The summed E-state index contributed by atoms with van der Waals surface area (Å²) in [5.74, 6) is -0.166. The zero-order valence-electron chi connectivity index (χ0n) is 9.81. The van der Waals surface area contributed by atoms with Crippen molar-refractivity contribution < 1.29 is 4.39 Å². The molecule has 0 fully saturated rings. The van der Waals surface area contributed by atoms with Crippen LogP contribution in [0.15, 0.2) is 18.2 Å². The number of halogens is 1. The lowest BCUT2D eigenvalue weighted by Gasteiger charge is -2.15. The minimum atomic E-state index is -0.166. The molecule has 0 saturated heterocycles. The molecule has 0 bridgehead atoms. The fourth-order valence-corrected chi connectivity index (χ4v) is 1.69. The van der Waals surface area contributed by atoms with Crippen molar-refractivity contribution in [3.63, 3.8) is 0 Å². The molecule has 0 radical (unpaired) electrons. The number of aryl methyl sites for hydroxylation is 1. The van der Waals surface area contributed by atoms with Crippen LogP contribution in [0.1, 0.15) is 38.7 Å². The van der Waals surface area contributed by atoms with E-state index in [-0.39, 0.29) is 5.82 Å². The van der Waals surface area contributed by atoms with Gasteiger partial charge in [-0.15, -0.1) is 0 Å². The van der Waals surface area contributed by atoms with Crippen molar-refractivity contribution >= 4 is 5.69 Å². The Kier molecular flexibility index (Phi) is 4.60. The second-order valence-electron chi connectivity index (χ2n) is 4.20. The Bertz CT molecular complexity index is 289. The zero-order valence-corrected chi connectivity index (χ0v) is 9.81. The summed E-state index contributed by atoms with van der Waals surface area (Å²) in [6.45, 7) is 6.22. The summed E-state index contributed by atoms with van der Waals surface area (Å²) >= 11 is 0. The van der Waals surface area contributed by atoms with E-state index < -0.39 is 0 Å². The maximum Gasteiger partial charge on any atom is 0.125 e.